The molecule has 1 aromatic carbocycles. The smallest absolute Gasteiger partial charge is 0.240 e. The van der Waals surface area contributed by atoms with Crippen molar-refractivity contribution >= 4 is 29.8 Å². The van der Waals surface area contributed by atoms with Crippen LogP contribution in [-0.4, -0.2) is 58.7 Å². The molecule has 0 bridgehead atoms. The molecule has 0 aliphatic carbocycles. The van der Waals surface area contributed by atoms with Gasteiger partial charge in [-0.25, -0.2) is 10.5 Å². The Morgan fingerprint density at radius 3 is 2.81 bits per heavy atom. The van der Waals surface area contributed by atoms with Crippen molar-refractivity contribution in [1.82, 2.24) is 20.1 Å². The Kier molecular flexibility index (Phi) is 6.64. The molecule has 10 nitrogen and oxygen atoms in total. The van der Waals surface area contributed by atoms with E-state index in [0.29, 0.717) is 41.5 Å². The van der Waals surface area contributed by atoms with Crippen molar-refractivity contribution in [3.05, 3.63) is 46.9 Å². The fourth-order valence-electron chi connectivity index (χ4n) is 3.35. The van der Waals surface area contributed by atoms with Gasteiger partial charge in [-0.3, -0.25) is 4.79 Å². The van der Waals surface area contributed by atoms with E-state index in [2.05, 4.69) is 25.7 Å². The highest BCUT2D eigenvalue weighted by Crippen LogP contribution is 2.33. The first kappa shape index (κ1) is 21.8. The summed E-state index contributed by atoms with van der Waals surface area (Å²) < 4.78 is 16.2. The molecule has 3 aromatic rings. The Bertz CT molecular complexity index is 1130. The van der Waals surface area contributed by atoms with Gasteiger partial charge in [0.05, 0.1) is 26.2 Å². The van der Waals surface area contributed by atoms with Crippen LogP contribution in [0.5, 0.6) is 11.5 Å². The number of aromatic amines is 1. The summed E-state index contributed by atoms with van der Waals surface area (Å²) in [7, 11) is 3.23. The first-order chi connectivity index (χ1) is 15.6. The van der Waals surface area contributed by atoms with Gasteiger partial charge in [0.1, 0.15) is 11.5 Å². The van der Waals surface area contributed by atoms with Gasteiger partial charge in [0.2, 0.25) is 17.0 Å². The fraction of sp³-hybridized carbons (Fsp3) is 0.333. The largest absolute Gasteiger partial charge is 0.493 e. The van der Waals surface area contributed by atoms with Crippen LogP contribution in [0.3, 0.4) is 0 Å². The van der Waals surface area contributed by atoms with E-state index in [1.807, 2.05) is 36.1 Å². The van der Waals surface area contributed by atoms with Crippen LogP contribution in [0.25, 0.3) is 0 Å². The lowest BCUT2D eigenvalue weighted by Gasteiger charge is -2.29. The Morgan fingerprint density at radius 2 is 2.09 bits per heavy atom. The minimum atomic E-state index is 0.0287. The molecule has 0 spiro atoms. The number of nitrogens with zero attached hydrogens (tertiary/aromatic N) is 4. The second-order valence-electron chi connectivity index (χ2n) is 7.11. The number of aryl methyl sites for hydroxylation is 1. The molecule has 4 rings (SSSR count). The topological polar surface area (TPSA) is 118 Å². The number of aromatic nitrogens is 3. The number of nitrogens with one attached hydrogen (secondary N) is 2. The van der Waals surface area contributed by atoms with E-state index in [-0.39, 0.29) is 11.7 Å². The second kappa shape index (κ2) is 9.77. The molecule has 32 heavy (non-hydrogen) atoms. The molecular weight excluding hydrogens is 432 g/mol. The number of furan rings is 1. The van der Waals surface area contributed by atoms with Gasteiger partial charge in [0.25, 0.3) is 0 Å². The summed E-state index contributed by atoms with van der Waals surface area (Å²) in [4.78, 5) is 18.8. The molecular formula is C21H24N6O4S. The van der Waals surface area contributed by atoms with Crippen LogP contribution in [0.2, 0.25) is 0 Å². The van der Waals surface area contributed by atoms with Gasteiger partial charge in [0.15, 0.2) is 11.5 Å². The first-order valence-corrected chi connectivity index (χ1v) is 11.0. The zero-order chi connectivity index (χ0) is 22.5. The van der Waals surface area contributed by atoms with Crippen molar-refractivity contribution in [2.24, 2.45) is 5.10 Å². The van der Waals surface area contributed by atoms with Crippen LogP contribution in [0.15, 0.2) is 38.9 Å². The summed E-state index contributed by atoms with van der Waals surface area (Å²) in [6.07, 6.45) is 2.32. The van der Waals surface area contributed by atoms with E-state index in [0.717, 1.165) is 17.7 Å². The summed E-state index contributed by atoms with van der Waals surface area (Å²) in [5.41, 5.74) is 5.00. The number of thioether (sulfide) groups is 1. The van der Waals surface area contributed by atoms with Gasteiger partial charge in [-0.1, -0.05) is 11.8 Å². The molecule has 0 radical (unpaired) electrons. The minimum Gasteiger partial charge on any atom is -0.493 e. The average molecular weight is 457 g/mol. The lowest BCUT2D eigenvalue weighted by Crippen LogP contribution is -2.37. The van der Waals surface area contributed by atoms with Crippen LogP contribution in [0.1, 0.15) is 22.6 Å². The number of rotatable bonds is 8. The Hall–Kier alpha value is -3.47. The zero-order valence-corrected chi connectivity index (χ0v) is 18.9. The van der Waals surface area contributed by atoms with Gasteiger partial charge in [-0.05, 0) is 48.7 Å². The summed E-state index contributed by atoms with van der Waals surface area (Å²) in [6, 6.07) is 7.61. The molecule has 0 saturated heterocycles. The SMILES string of the molecule is COc1cc2c(cc1OC)CN(C(=O)CSc1n[nH]c(N/N=C/c3ccc(C)o3)n1)CC2. The van der Waals surface area contributed by atoms with Crippen molar-refractivity contribution in [3.8, 4) is 11.5 Å². The van der Waals surface area contributed by atoms with Crippen molar-refractivity contribution in [1.29, 1.82) is 0 Å². The van der Waals surface area contributed by atoms with E-state index in [1.165, 1.54) is 17.3 Å². The first-order valence-electron chi connectivity index (χ1n) is 9.98. The lowest BCUT2D eigenvalue weighted by molar-refractivity contribution is -0.129. The Balaban J connectivity index is 1.29. The van der Waals surface area contributed by atoms with Crippen LogP contribution >= 0.6 is 11.8 Å². The summed E-state index contributed by atoms with van der Waals surface area (Å²) >= 11 is 1.27. The predicted molar refractivity (Wildman–Crippen MR) is 120 cm³/mol. The highest BCUT2D eigenvalue weighted by atomic mass is 32.2. The van der Waals surface area contributed by atoms with E-state index in [1.54, 1.807) is 20.4 Å². The van der Waals surface area contributed by atoms with Crippen LogP contribution in [0, 0.1) is 6.92 Å². The molecule has 2 N–H and O–H groups in total. The third-order valence-corrected chi connectivity index (χ3v) is 5.82. The van der Waals surface area contributed by atoms with Gasteiger partial charge in [-0.15, -0.1) is 5.10 Å². The number of fused-ring (bicyclic) bond motifs is 1. The molecule has 0 unspecified atom stereocenters. The standard InChI is InChI=1S/C21H24N6O4S/c1-13-4-5-16(31-13)10-22-24-20-23-21(26-25-20)32-12-19(28)27-7-6-14-8-17(29-2)18(30-3)9-15(14)11-27/h4-5,8-10H,6-7,11-12H2,1-3H3,(H2,23,24,25,26)/b22-10+. The normalized spacial score (nSPS) is 13.3. The van der Waals surface area contributed by atoms with Crippen molar-refractivity contribution in [2.45, 2.75) is 25.0 Å². The predicted octanol–water partition coefficient (Wildman–Crippen LogP) is 2.85. The molecule has 1 amide bonds. The molecule has 1 aliphatic rings. The van der Waals surface area contributed by atoms with E-state index in [4.69, 9.17) is 13.9 Å². The van der Waals surface area contributed by atoms with Crippen molar-refractivity contribution in [2.75, 3.05) is 31.9 Å². The molecule has 1 aliphatic heterocycles. The number of amides is 1. The molecule has 0 saturated carbocycles. The highest BCUT2D eigenvalue weighted by Gasteiger charge is 2.23. The maximum absolute atomic E-state index is 12.7. The number of ether oxygens (including phenoxy) is 2. The number of hydrazone groups is 1. The molecule has 168 valence electrons. The van der Waals surface area contributed by atoms with E-state index < -0.39 is 0 Å². The number of carbonyl (C=O) groups excluding carboxylic acids is 1. The summed E-state index contributed by atoms with van der Waals surface area (Å²) in [5, 5.41) is 11.4. The fourth-order valence-corrected chi connectivity index (χ4v) is 4.06. The molecule has 3 heterocycles. The van der Waals surface area contributed by atoms with Crippen molar-refractivity contribution < 1.29 is 18.7 Å². The van der Waals surface area contributed by atoms with Crippen LogP contribution in [-0.2, 0) is 17.8 Å². The number of methoxy groups -OCH3 is 2. The van der Waals surface area contributed by atoms with E-state index >= 15 is 0 Å². The number of carbonyl (C=O) groups is 1. The van der Waals surface area contributed by atoms with Crippen LogP contribution < -0.4 is 14.9 Å². The molecule has 2 aromatic heterocycles. The molecule has 11 heteroatoms. The van der Waals surface area contributed by atoms with E-state index in [9.17, 15) is 4.79 Å². The summed E-state index contributed by atoms with van der Waals surface area (Å²) in [6.45, 7) is 3.06. The number of H-pyrrole nitrogens is 1. The van der Waals surface area contributed by atoms with Gasteiger partial charge >= 0.3 is 0 Å². The monoisotopic (exact) mass is 456 g/mol. The van der Waals surface area contributed by atoms with Crippen LogP contribution in [0.4, 0.5) is 5.95 Å². The van der Waals surface area contributed by atoms with Gasteiger partial charge in [0, 0.05) is 13.1 Å². The summed E-state index contributed by atoms with van der Waals surface area (Å²) in [5.74, 6) is 3.47. The Labute approximate surface area is 189 Å². The number of hydrogen-bond acceptors (Lipinski definition) is 9. The minimum absolute atomic E-state index is 0.0287. The average Bonchev–Trinajstić information content (AvgIpc) is 3.44. The maximum atomic E-state index is 12.7. The van der Waals surface area contributed by atoms with Crippen molar-refractivity contribution in [3.63, 3.8) is 0 Å². The third-order valence-electron chi connectivity index (χ3n) is 4.98. The third kappa shape index (κ3) is 5.05. The number of anilines is 1. The number of hydrogen-bond donors (Lipinski definition) is 2. The molecule has 0 fully saturated rings. The maximum Gasteiger partial charge on any atom is 0.240 e. The molecule has 0 atom stereocenters. The lowest BCUT2D eigenvalue weighted by atomic mass is 9.99. The quantitative estimate of drug-likeness (QED) is 0.302. The Morgan fingerprint density at radius 1 is 1.31 bits per heavy atom. The van der Waals surface area contributed by atoms with Gasteiger partial charge < -0.3 is 18.8 Å². The second-order valence-corrected chi connectivity index (χ2v) is 8.06. The van der Waals surface area contributed by atoms with Gasteiger partial charge in [-0.2, -0.15) is 10.1 Å². The number of benzene rings is 1. The highest BCUT2D eigenvalue weighted by molar-refractivity contribution is 7.99. The zero-order valence-electron chi connectivity index (χ0n) is 18.0.